The molecule has 19 heavy (non-hydrogen) atoms. The lowest BCUT2D eigenvalue weighted by Gasteiger charge is -2.06. The number of halogens is 1. The van der Waals surface area contributed by atoms with E-state index in [9.17, 15) is 0 Å². The van der Waals surface area contributed by atoms with E-state index in [0.717, 1.165) is 15.7 Å². The largest absolute Gasteiger partial charge is 0.451 e. The Bertz CT molecular complexity index is 687. The van der Waals surface area contributed by atoms with E-state index >= 15 is 0 Å². The van der Waals surface area contributed by atoms with Crippen molar-refractivity contribution in [3.8, 4) is 22.4 Å². The third-order valence-electron chi connectivity index (χ3n) is 3.05. The zero-order chi connectivity index (χ0) is 13.2. The van der Waals surface area contributed by atoms with Crippen LogP contribution in [0.3, 0.4) is 0 Å². The van der Waals surface area contributed by atoms with Crippen molar-refractivity contribution in [1.82, 2.24) is 4.98 Å². The number of rotatable bonds is 2. The van der Waals surface area contributed by atoms with E-state index in [1.807, 2.05) is 0 Å². The predicted octanol–water partition coefficient (Wildman–Crippen LogP) is 5.08. The van der Waals surface area contributed by atoms with Gasteiger partial charge in [0.2, 0.25) is 0 Å². The van der Waals surface area contributed by atoms with E-state index in [0.29, 0.717) is 0 Å². The van der Waals surface area contributed by atoms with Crippen LogP contribution in [0.5, 0.6) is 0 Å². The van der Waals surface area contributed by atoms with Crippen LogP contribution in [0.4, 0.5) is 0 Å². The van der Waals surface area contributed by atoms with Crippen molar-refractivity contribution in [2.24, 2.45) is 0 Å². The fourth-order valence-corrected chi connectivity index (χ4v) is 2.75. The van der Waals surface area contributed by atoms with Gasteiger partial charge in [0.15, 0.2) is 6.39 Å². The number of benzene rings is 2. The Labute approximate surface area is 120 Å². The summed E-state index contributed by atoms with van der Waals surface area (Å²) >= 11 is 3.61. The molecule has 94 valence electrons. The molecule has 0 fully saturated rings. The second-order valence-corrected chi connectivity index (χ2v) is 5.29. The van der Waals surface area contributed by atoms with Crippen molar-refractivity contribution < 1.29 is 4.42 Å². The number of hydrogen-bond donors (Lipinski definition) is 0. The summed E-state index contributed by atoms with van der Waals surface area (Å²) in [5, 5.41) is 0. The van der Waals surface area contributed by atoms with Crippen molar-refractivity contribution in [3.63, 3.8) is 0 Å². The monoisotopic (exact) mass is 313 g/mol. The average molecular weight is 314 g/mol. The van der Waals surface area contributed by atoms with Crippen LogP contribution in [-0.2, 0) is 0 Å². The van der Waals surface area contributed by atoms with Crippen molar-refractivity contribution >= 4 is 15.9 Å². The van der Waals surface area contributed by atoms with Gasteiger partial charge in [0.25, 0.3) is 0 Å². The highest BCUT2D eigenvalue weighted by molar-refractivity contribution is 9.10. The van der Waals surface area contributed by atoms with Crippen LogP contribution >= 0.6 is 15.9 Å². The van der Waals surface area contributed by atoms with Gasteiger partial charge in [0.1, 0.15) is 12.0 Å². The minimum Gasteiger partial charge on any atom is -0.451 e. The van der Waals surface area contributed by atoms with E-state index in [-0.39, 0.29) is 0 Å². The summed E-state index contributed by atoms with van der Waals surface area (Å²) in [5.41, 5.74) is 5.53. The Kier molecular flexibility index (Phi) is 3.22. The molecular formula is C16H12BrNO. The SMILES string of the molecule is Cc1ccc(-c2ccc(-c3cocn3)cc2)c(Br)c1. The molecule has 2 aromatic carbocycles. The van der Waals surface area contributed by atoms with Gasteiger partial charge in [0.05, 0.1) is 0 Å². The Morgan fingerprint density at radius 2 is 1.74 bits per heavy atom. The molecule has 1 heterocycles. The van der Waals surface area contributed by atoms with Gasteiger partial charge in [-0.1, -0.05) is 52.3 Å². The highest BCUT2D eigenvalue weighted by Crippen LogP contribution is 2.30. The molecule has 0 spiro atoms. The first kappa shape index (κ1) is 12.2. The maximum absolute atomic E-state index is 5.00. The Morgan fingerprint density at radius 1 is 1.00 bits per heavy atom. The normalized spacial score (nSPS) is 10.6. The Balaban J connectivity index is 1.98. The maximum atomic E-state index is 5.00. The summed E-state index contributed by atoms with van der Waals surface area (Å²) in [7, 11) is 0. The van der Waals surface area contributed by atoms with Gasteiger partial charge in [-0.05, 0) is 29.7 Å². The second-order valence-electron chi connectivity index (χ2n) is 4.43. The van der Waals surface area contributed by atoms with E-state index in [1.54, 1.807) is 6.26 Å². The molecule has 0 N–H and O–H groups in total. The summed E-state index contributed by atoms with van der Waals surface area (Å²) in [5.74, 6) is 0. The molecule has 1 aromatic heterocycles. The van der Waals surface area contributed by atoms with Crippen LogP contribution in [0.25, 0.3) is 22.4 Å². The van der Waals surface area contributed by atoms with E-state index in [1.165, 1.54) is 23.1 Å². The van der Waals surface area contributed by atoms with Gasteiger partial charge in [-0.15, -0.1) is 0 Å². The zero-order valence-electron chi connectivity index (χ0n) is 10.4. The molecule has 3 rings (SSSR count). The second kappa shape index (κ2) is 5.02. The fourth-order valence-electron chi connectivity index (χ4n) is 2.03. The molecule has 0 atom stereocenters. The molecule has 0 aliphatic heterocycles. The molecule has 0 saturated carbocycles. The molecule has 0 saturated heterocycles. The van der Waals surface area contributed by atoms with E-state index < -0.39 is 0 Å². The molecule has 0 radical (unpaired) electrons. The van der Waals surface area contributed by atoms with Crippen LogP contribution < -0.4 is 0 Å². The summed E-state index contributed by atoms with van der Waals surface area (Å²) < 4.78 is 6.11. The third kappa shape index (κ3) is 2.47. The lowest BCUT2D eigenvalue weighted by molar-refractivity contribution is 0.558. The number of hydrogen-bond acceptors (Lipinski definition) is 2. The minimum atomic E-state index is 0.856. The number of aryl methyl sites for hydroxylation is 1. The first-order valence-corrected chi connectivity index (χ1v) is 6.78. The lowest BCUT2D eigenvalue weighted by Crippen LogP contribution is -1.83. The van der Waals surface area contributed by atoms with Crippen molar-refractivity contribution in [1.29, 1.82) is 0 Å². The van der Waals surface area contributed by atoms with Crippen molar-refractivity contribution in [2.75, 3.05) is 0 Å². The highest BCUT2D eigenvalue weighted by Gasteiger charge is 2.05. The molecule has 3 aromatic rings. The van der Waals surface area contributed by atoms with Gasteiger partial charge >= 0.3 is 0 Å². The maximum Gasteiger partial charge on any atom is 0.181 e. The van der Waals surface area contributed by atoms with Gasteiger partial charge in [-0.2, -0.15) is 0 Å². The summed E-state index contributed by atoms with van der Waals surface area (Å²) in [6.45, 7) is 2.09. The number of oxazole rings is 1. The van der Waals surface area contributed by atoms with Gasteiger partial charge in [-0.3, -0.25) is 0 Å². The summed E-state index contributed by atoms with van der Waals surface area (Å²) in [6, 6.07) is 14.7. The van der Waals surface area contributed by atoms with Crippen molar-refractivity contribution in [2.45, 2.75) is 6.92 Å². The third-order valence-corrected chi connectivity index (χ3v) is 3.70. The van der Waals surface area contributed by atoms with Gasteiger partial charge in [0, 0.05) is 10.0 Å². The zero-order valence-corrected chi connectivity index (χ0v) is 12.0. The predicted molar refractivity (Wildman–Crippen MR) is 79.8 cm³/mol. The summed E-state index contributed by atoms with van der Waals surface area (Å²) in [4.78, 5) is 4.14. The Hall–Kier alpha value is -1.87. The Morgan fingerprint density at radius 3 is 2.37 bits per heavy atom. The molecule has 0 unspecified atom stereocenters. The van der Waals surface area contributed by atoms with Gasteiger partial charge < -0.3 is 4.42 Å². The molecule has 0 amide bonds. The first-order valence-electron chi connectivity index (χ1n) is 5.99. The molecule has 2 nitrogen and oxygen atoms in total. The average Bonchev–Trinajstić information content (AvgIpc) is 2.93. The van der Waals surface area contributed by atoms with E-state index in [4.69, 9.17) is 4.42 Å². The van der Waals surface area contributed by atoms with Crippen LogP contribution in [-0.4, -0.2) is 4.98 Å². The molecule has 3 heteroatoms. The van der Waals surface area contributed by atoms with E-state index in [2.05, 4.69) is 70.3 Å². The van der Waals surface area contributed by atoms with Crippen LogP contribution in [0.15, 0.2) is 64.0 Å². The topological polar surface area (TPSA) is 26.0 Å². The fraction of sp³-hybridized carbons (Fsp3) is 0.0625. The quantitative estimate of drug-likeness (QED) is 0.659. The first-order chi connectivity index (χ1) is 9.24. The molecule has 0 aliphatic rings. The van der Waals surface area contributed by atoms with Crippen LogP contribution in [0.2, 0.25) is 0 Å². The number of nitrogens with zero attached hydrogens (tertiary/aromatic N) is 1. The number of aromatic nitrogens is 1. The van der Waals surface area contributed by atoms with Crippen LogP contribution in [0, 0.1) is 6.92 Å². The smallest absolute Gasteiger partial charge is 0.181 e. The summed E-state index contributed by atoms with van der Waals surface area (Å²) in [6.07, 6.45) is 3.09. The molecule has 0 aliphatic carbocycles. The standard InChI is InChI=1S/C16H12BrNO/c1-11-2-7-14(15(17)8-11)12-3-5-13(6-4-12)16-9-19-10-18-16/h2-10H,1H3. The van der Waals surface area contributed by atoms with Crippen molar-refractivity contribution in [3.05, 3.63) is 65.2 Å². The van der Waals surface area contributed by atoms with Gasteiger partial charge in [-0.25, -0.2) is 4.98 Å². The van der Waals surface area contributed by atoms with Crippen LogP contribution in [0.1, 0.15) is 5.56 Å². The molecule has 0 bridgehead atoms. The molecular weight excluding hydrogens is 302 g/mol. The highest BCUT2D eigenvalue weighted by atomic mass is 79.9. The minimum absolute atomic E-state index is 0.856. The lowest BCUT2D eigenvalue weighted by atomic mass is 10.0.